The first-order valence-corrected chi connectivity index (χ1v) is 12.1. The minimum atomic E-state index is -2.75. The normalized spacial score (nSPS) is 13.2. The van der Waals surface area contributed by atoms with Crippen molar-refractivity contribution in [1.82, 2.24) is 0 Å². The summed E-state index contributed by atoms with van der Waals surface area (Å²) < 4.78 is 39.7. The molecule has 0 saturated carbocycles. The minimum Gasteiger partial charge on any atom is -0.382 e. The summed E-state index contributed by atoms with van der Waals surface area (Å²) in [6.07, 6.45) is 3.88. The van der Waals surface area contributed by atoms with Gasteiger partial charge in [0, 0.05) is 52.8 Å². The van der Waals surface area contributed by atoms with E-state index >= 15 is 0 Å². The van der Waals surface area contributed by atoms with Crippen molar-refractivity contribution in [3.63, 3.8) is 0 Å². The summed E-state index contributed by atoms with van der Waals surface area (Å²) in [4.78, 5) is 0. The van der Waals surface area contributed by atoms with Crippen LogP contribution in [0.2, 0.25) is 5.54 Å². The van der Waals surface area contributed by atoms with Gasteiger partial charge in [-0.05, 0) is 40.0 Å². The van der Waals surface area contributed by atoms with Crippen LogP contribution in [0.1, 0.15) is 46.5 Å². The minimum absolute atomic E-state index is 0.221. The Hall–Kier alpha value is -0.0631. The van der Waals surface area contributed by atoms with E-state index < -0.39 is 8.80 Å². The number of methoxy groups -OCH3 is 2. The Morgan fingerprint density at radius 3 is 1.59 bits per heavy atom. The second-order valence-electron chi connectivity index (χ2n) is 6.09. The van der Waals surface area contributed by atoms with Crippen LogP contribution in [0.25, 0.3) is 0 Å². The fourth-order valence-corrected chi connectivity index (χ4v) is 6.08. The van der Waals surface area contributed by atoms with Crippen LogP contribution >= 0.6 is 0 Å². The van der Waals surface area contributed by atoms with Gasteiger partial charge in [-0.3, -0.25) is 0 Å². The molecule has 0 aliphatic carbocycles. The predicted octanol–water partition coefficient (Wildman–Crippen LogP) is 3.29. The smallest absolute Gasteiger partial charge is 0.382 e. The predicted molar refractivity (Wildman–Crippen MR) is 108 cm³/mol. The molecule has 0 amide bonds. The molecule has 164 valence electrons. The average Bonchev–Trinajstić information content (AvgIpc) is 2.66. The molecule has 0 saturated heterocycles. The molecule has 0 rings (SSSR count). The van der Waals surface area contributed by atoms with Gasteiger partial charge in [-0.15, -0.1) is 0 Å². The second-order valence-corrected chi connectivity index (χ2v) is 8.98. The highest BCUT2D eigenvalue weighted by Crippen LogP contribution is 2.34. The summed E-state index contributed by atoms with van der Waals surface area (Å²) in [6.45, 7) is 11.6. The molecule has 27 heavy (non-hydrogen) atoms. The van der Waals surface area contributed by atoms with E-state index in [0.717, 1.165) is 32.3 Å². The zero-order valence-corrected chi connectivity index (χ0v) is 19.1. The van der Waals surface area contributed by atoms with E-state index in [-0.39, 0.29) is 5.54 Å². The average molecular weight is 411 g/mol. The topological polar surface area (TPSA) is 64.6 Å². The SMILES string of the molecule is CCO[Si](OCC)(OCC)C(CCCCOCCOC)CCOCCOC. The molecule has 0 aromatic rings. The second kappa shape index (κ2) is 19.3. The molecule has 0 fully saturated rings. The highest BCUT2D eigenvalue weighted by atomic mass is 28.4. The third-order valence-corrected chi connectivity index (χ3v) is 7.75. The number of unbranched alkanes of at least 4 members (excludes halogenated alkanes) is 1. The van der Waals surface area contributed by atoms with Gasteiger partial charge in [0.1, 0.15) is 0 Å². The van der Waals surface area contributed by atoms with Crippen molar-refractivity contribution in [2.45, 2.75) is 52.0 Å². The van der Waals surface area contributed by atoms with E-state index in [1.54, 1.807) is 14.2 Å². The highest BCUT2D eigenvalue weighted by molar-refractivity contribution is 6.62. The van der Waals surface area contributed by atoms with E-state index in [2.05, 4.69) is 0 Å². The Bertz CT molecular complexity index is 291. The van der Waals surface area contributed by atoms with Crippen LogP contribution in [0.3, 0.4) is 0 Å². The van der Waals surface area contributed by atoms with Gasteiger partial charge in [0.15, 0.2) is 0 Å². The molecule has 8 heteroatoms. The van der Waals surface area contributed by atoms with Gasteiger partial charge in [-0.2, -0.15) is 0 Å². The van der Waals surface area contributed by atoms with Crippen molar-refractivity contribution in [2.24, 2.45) is 0 Å². The molecule has 0 aromatic heterocycles. The summed E-state index contributed by atoms with van der Waals surface area (Å²) in [5.41, 5.74) is 0.221. The summed E-state index contributed by atoms with van der Waals surface area (Å²) in [5, 5.41) is 0. The van der Waals surface area contributed by atoms with E-state index in [4.69, 9.17) is 32.2 Å². The van der Waals surface area contributed by atoms with Gasteiger partial charge in [0.05, 0.1) is 26.4 Å². The quantitative estimate of drug-likeness (QED) is 0.212. The van der Waals surface area contributed by atoms with Crippen LogP contribution < -0.4 is 0 Å². The number of hydrogen-bond acceptors (Lipinski definition) is 7. The Labute approximate surface area is 167 Å². The van der Waals surface area contributed by atoms with Crippen molar-refractivity contribution >= 4 is 8.80 Å². The number of hydrogen-bond donors (Lipinski definition) is 0. The molecule has 0 bridgehead atoms. The third-order valence-electron chi connectivity index (χ3n) is 4.10. The maximum Gasteiger partial charge on any atom is 0.504 e. The summed E-state index contributed by atoms with van der Waals surface area (Å²) in [6, 6.07) is 0. The molecule has 1 unspecified atom stereocenters. The van der Waals surface area contributed by atoms with Gasteiger partial charge in [0.2, 0.25) is 0 Å². The first-order valence-electron chi connectivity index (χ1n) is 10.3. The molecule has 0 N–H and O–H groups in total. The monoisotopic (exact) mass is 410 g/mol. The molecule has 0 aliphatic rings. The molecule has 0 heterocycles. The standard InChI is InChI=1S/C19H42O7Si/c1-6-24-27(25-7-2,26-8-3)19(12-14-23-18-16-21-5)11-9-10-13-22-17-15-20-4/h19H,6-18H2,1-5H3. The van der Waals surface area contributed by atoms with E-state index in [9.17, 15) is 0 Å². The summed E-state index contributed by atoms with van der Waals surface area (Å²) in [7, 11) is 0.615. The van der Waals surface area contributed by atoms with Gasteiger partial charge in [-0.1, -0.05) is 6.42 Å². The van der Waals surface area contributed by atoms with Crippen molar-refractivity contribution in [3.05, 3.63) is 0 Å². The van der Waals surface area contributed by atoms with Gasteiger partial charge >= 0.3 is 8.80 Å². The third kappa shape index (κ3) is 12.9. The Kier molecular flexibility index (Phi) is 19.2. The number of rotatable bonds is 21. The highest BCUT2D eigenvalue weighted by Gasteiger charge is 2.48. The molecular formula is C19H42O7Si. The van der Waals surface area contributed by atoms with E-state index in [1.807, 2.05) is 20.8 Å². The first kappa shape index (κ1) is 26.9. The lowest BCUT2D eigenvalue weighted by molar-refractivity contribution is 0.0423. The maximum absolute atomic E-state index is 6.13. The number of ether oxygens (including phenoxy) is 4. The van der Waals surface area contributed by atoms with Crippen LogP contribution in [0, 0.1) is 0 Å². The van der Waals surface area contributed by atoms with Crippen molar-refractivity contribution in [2.75, 3.05) is 73.7 Å². The lowest BCUT2D eigenvalue weighted by Gasteiger charge is -2.35. The molecule has 0 aromatic carbocycles. The van der Waals surface area contributed by atoms with Crippen LogP contribution in [0.4, 0.5) is 0 Å². The van der Waals surface area contributed by atoms with Crippen molar-refractivity contribution in [3.8, 4) is 0 Å². The van der Waals surface area contributed by atoms with Crippen molar-refractivity contribution < 1.29 is 32.2 Å². The molecule has 7 nitrogen and oxygen atoms in total. The fraction of sp³-hybridized carbons (Fsp3) is 1.00. The van der Waals surface area contributed by atoms with Gasteiger partial charge in [-0.25, -0.2) is 0 Å². The van der Waals surface area contributed by atoms with Crippen LogP contribution in [0.15, 0.2) is 0 Å². The molecule has 0 aliphatic heterocycles. The summed E-state index contributed by atoms with van der Waals surface area (Å²) in [5.74, 6) is 0. The van der Waals surface area contributed by atoms with Crippen LogP contribution in [-0.2, 0) is 32.2 Å². The Morgan fingerprint density at radius 2 is 1.11 bits per heavy atom. The lowest BCUT2D eigenvalue weighted by atomic mass is 10.1. The van der Waals surface area contributed by atoms with E-state index in [0.29, 0.717) is 52.9 Å². The first-order chi connectivity index (χ1) is 13.2. The maximum atomic E-state index is 6.13. The largest absolute Gasteiger partial charge is 0.504 e. The molecule has 0 spiro atoms. The van der Waals surface area contributed by atoms with E-state index in [1.165, 1.54) is 0 Å². The van der Waals surface area contributed by atoms with Crippen LogP contribution in [-0.4, -0.2) is 82.5 Å². The van der Waals surface area contributed by atoms with Crippen LogP contribution in [0.5, 0.6) is 0 Å². The zero-order chi connectivity index (χ0) is 20.2. The molecule has 1 atom stereocenters. The van der Waals surface area contributed by atoms with Gasteiger partial charge in [0.25, 0.3) is 0 Å². The lowest BCUT2D eigenvalue weighted by Crippen LogP contribution is -2.50. The zero-order valence-electron chi connectivity index (χ0n) is 18.1. The molecule has 0 radical (unpaired) electrons. The Morgan fingerprint density at radius 1 is 0.593 bits per heavy atom. The van der Waals surface area contributed by atoms with Gasteiger partial charge < -0.3 is 32.2 Å². The Balaban J connectivity index is 4.69. The summed E-state index contributed by atoms with van der Waals surface area (Å²) >= 11 is 0. The molecular weight excluding hydrogens is 368 g/mol. The fourth-order valence-electron chi connectivity index (χ4n) is 2.89. The van der Waals surface area contributed by atoms with Crippen molar-refractivity contribution in [1.29, 1.82) is 0 Å².